The van der Waals surface area contributed by atoms with Crippen molar-refractivity contribution in [3.8, 4) is 11.5 Å². The first-order chi connectivity index (χ1) is 14.0. The summed E-state index contributed by atoms with van der Waals surface area (Å²) in [6.45, 7) is 1.89. The number of rotatable bonds is 9. The Morgan fingerprint density at radius 3 is 2.24 bits per heavy atom. The van der Waals surface area contributed by atoms with Gasteiger partial charge in [-0.05, 0) is 43.3 Å². The fourth-order valence-corrected chi connectivity index (χ4v) is 2.27. The average molecular weight is 421 g/mol. The molecular weight excluding hydrogens is 400 g/mol. The minimum atomic E-state index is -0.678. The van der Waals surface area contributed by atoms with Gasteiger partial charge in [-0.3, -0.25) is 25.2 Å². The summed E-state index contributed by atoms with van der Waals surface area (Å²) < 4.78 is 15.8. The third kappa shape index (κ3) is 7.71. The topological polar surface area (TPSA) is 103 Å². The van der Waals surface area contributed by atoms with Crippen LogP contribution in [0.4, 0.5) is 0 Å². The Bertz CT molecular complexity index is 841. The van der Waals surface area contributed by atoms with Crippen molar-refractivity contribution >= 4 is 29.4 Å². The van der Waals surface area contributed by atoms with Crippen LogP contribution in [0.1, 0.15) is 23.7 Å². The van der Waals surface area contributed by atoms with Crippen LogP contribution < -0.4 is 20.3 Å². The molecule has 2 amide bonds. The molecule has 2 N–H and O–H groups in total. The molecule has 0 unspecified atom stereocenters. The van der Waals surface area contributed by atoms with Crippen molar-refractivity contribution in [1.82, 2.24) is 10.9 Å². The van der Waals surface area contributed by atoms with Crippen LogP contribution in [0.2, 0.25) is 5.02 Å². The van der Waals surface area contributed by atoms with E-state index in [4.69, 9.17) is 25.8 Å². The highest BCUT2D eigenvalue weighted by Gasteiger charge is 2.11. The molecule has 0 radical (unpaired) electrons. The van der Waals surface area contributed by atoms with Crippen LogP contribution in [0.15, 0.2) is 48.5 Å². The first-order valence-electron chi connectivity index (χ1n) is 8.84. The molecule has 0 atom stereocenters. The van der Waals surface area contributed by atoms with Gasteiger partial charge >= 0.3 is 5.97 Å². The second-order valence-corrected chi connectivity index (χ2v) is 6.08. The lowest BCUT2D eigenvalue weighted by Crippen LogP contribution is -2.43. The van der Waals surface area contributed by atoms with E-state index in [0.717, 1.165) is 0 Å². The minimum absolute atomic E-state index is 0.0507. The number of hydrogen-bond donors (Lipinski definition) is 2. The zero-order chi connectivity index (χ0) is 21.1. The summed E-state index contributed by atoms with van der Waals surface area (Å²) >= 11 is 5.74. The van der Waals surface area contributed by atoms with E-state index < -0.39 is 24.4 Å². The summed E-state index contributed by atoms with van der Waals surface area (Å²) in [7, 11) is 0. The monoisotopic (exact) mass is 420 g/mol. The minimum Gasteiger partial charge on any atom is -0.490 e. The van der Waals surface area contributed by atoms with Gasteiger partial charge in [-0.25, -0.2) is 0 Å². The fourth-order valence-electron chi connectivity index (χ4n) is 2.14. The fraction of sp³-hybridized carbons (Fsp3) is 0.250. The second kappa shape index (κ2) is 11.6. The third-order valence-corrected chi connectivity index (χ3v) is 3.75. The highest BCUT2D eigenvalue weighted by atomic mass is 35.5. The van der Waals surface area contributed by atoms with E-state index >= 15 is 0 Å². The molecule has 0 saturated heterocycles. The van der Waals surface area contributed by atoms with E-state index in [1.807, 2.05) is 13.0 Å². The van der Waals surface area contributed by atoms with Crippen molar-refractivity contribution in [2.45, 2.75) is 13.3 Å². The van der Waals surface area contributed by atoms with Crippen LogP contribution in [-0.4, -0.2) is 37.6 Å². The van der Waals surface area contributed by atoms with Gasteiger partial charge in [-0.15, -0.1) is 0 Å². The lowest BCUT2D eigenvalue weighted by Gasteiger charge is -2.11. The zero-order valence-corrected chi connectivity index (χ0v) is 16.5. The van der Waals surface area contributed by atoms with Gasteiger partial charge in [0.1, 0.15) is 0 Å². The van der Waals surface area contributed by atoms with Crippen LogP contribution in [-0.2, 0) is 14.3 Å². The summed E-state index contributed by atoms with van der Waals surface area (Å²) in [6, 6.07) is 13.2. The molecule has 0 fully saturated rings. The first kappa shape index (κ1) is 22.0. The van der Waals surface area contributed by atoms with Crippen molar-refractivity contribution in [2.75, 3.05) is 19.8 Å². The maximum atomic E-state index is 11.8. The van der Waals surface area contributed by atoms with E-state index in [-0.39, 0.29) is 13.0 Å². The number of esters is 1. The van der Waals surface area contributed by atoms with Crippen molar-refractivity contribution in [1.29, 1.82) is 0 Å². The molecule has 29 heavy (non-hydrogen) atoms. The van der Waals surface area contributed by atoms with Crippen molar-refractivity contribution in [2.24, 2.45) is 0 Å². The van der Waals surface area contributed by atoms with E-state index in [9.17, 15) is 14.4 Å². The number of para-hydroxylation sites is 2. The highest BCUT2D eigenvalue weighted by molar-refractivity contribution is 6.30. The van der Waals surface area contributed by atoms with Crippen LogP contribution in [0.25, 0.3) is 0 Å². The lowest BCUT2D eigenvalue weighted by molar-refractivity contribution is -0.149. The normalized spacial score (nSPS) is 10.0. The molecule has 154 valence electrons. The van der Waals surface area contributed by atoms with E-state index in [1.54, 1.807) is 30.3 Å². The summed E-state index contributed by atoms with van der Waals surface area (Å²) in [5.74, 6) is -0.715. The Hall–Kier alpha value is -3.26. The van der Waals surface area contributed by atoms with Crippen molar-refractivity contribution in [3.05, 3.63) is 59.1 Å². The Morgan fingerprint density at radius 2 is 1.59 bits per heavy atom. The third-order valence-electron chi connectivity index (χ3n) is 3.50. The quantitative estimate of drug-likeness (QED) is 0.477. The average Bonchev–Trinajstić information content (AvgIpc) is 2.72. The number of ether oxygens (including phenoxy) is 3. The molecule has 2 aromatic rings. The lowest BCUT2D eigenvalue weighted by atomic mass is 10.2. The van der Waals surface area contributed by atoms with Gasteiger partial charge < -0.3 is 14.2 Å². The Kier molecular flexibility index (Phi) is 8.78. The number of nitrogens with one attached hydrogen (secondary N) is 2. The van der Waals surface area contributed by atoms with Gasteiger partial charge in [0.15, 0.2) is 18.1 Å². The van der Waals surface area contributed by atoms with E-state index in [1.165, 1.54) is 12.1 Å². The predicted molar refractivity (Wildman–Crippen MR) is 106 cm³/mol. The van der Waals surface area contributed by atoms with Gasteiger partial charge in [-0.1, -0.05) is 23.7 Å². The molecule has 2 aromatic carbocycles. The number of carbonyl (C=O) groups is 3. The second-order valence-electron chi connectivity index (χ2n) is 5.65. The summed E-state index contributed by atoms with van der Waals surface area (Å²) in [5, 5.41) is 0.489. The van der Waals surface area contributed by atoms with Gasteiger partial charge in [-0.2, -0.15) is 0 Å². The maximum Gasteiger partial charge on any atom is 0.309 e. The molecule has 0 aliphatic carbocycles. The number of carbonyl (C=O) groups excluding carboxylic acids is 3. The molecular formula is C20H21ClN2O6. The molecule has 0 bridgehead atoms. The Labute approximate surface area is 173 Å². The van der Waals surface area contributed by atoms with Crippen LogP contribution in [0.5, 0.6) is 11.5 Å². The Balaban J connectivity index is 1.65. The number of hydrogen-bond acceptors (Lipinski definition) is 6. The predicted octanol–water partition coefficient (Wildman–Crippen LogP) is 2.51. The zero-order valence-electron chi connectivity index (χ0n) is 15.8. The Morgan fingerprint density at radius 1 is 0.931 bits per heavy atom. The van der Waals surface area contributed by atoms with Gasteiger partial charge in [0, 0.05) is 10.6 Å². The van der Waals surface area contributed by atoms with E-state index in [2.05, 4.69) is 10.9 Å². The molecule has 2 rings (SSSR count). The summed E-state index contributed by atoms with van der Waals surface area (Å²) in [5.41, 5.74) is 4.69. The molecule has 0 aliphatic rings. The smallest absolute Gasteiger partial charge is 0.309 e. The molecule has 0 spiro atoms. The molecule has 0 aromatic heterocycles. The van der Waals surface area contributed by atoms with Crippen LogP contribution in [0.3, 0.4) is 0 Å². The molecule has 9 heteroatoms. The maximum absolute atomic E-state index is 11.8. The number of benzene rings is 2. The van der Waals surface area contributed by atoms with Gasteiger partial charge in [0.2, 0.25) is 0 Å². The van der Waals surface area contributed by atoms with Gasteiger partial charge in [0.25, 0.3) is 11.8 Å². The van der Waals surface area contributed by atoms with Crippen LogP contribution in [0, 0.1) is 0 Å². The number of amides is 2. The molecule has 0 heterocycles. The first-order valence-corrected chi connectivity index (χ1v) is 9.22. The van der Waals surface area contributed by atoms with Crippen LogP contribution >= 0.6 is 11.6 Å². The summed E-state index contributed by atoms with van der Waals surface area (Å²) in [4.78, 5) is 35.2. The van der Waals surface area contributed by atoms with Crippen molar-refractivity contribution < 1.29 is 28.6 Å². The standard InChI is InChI=1S/C20H21ClN2O6/c1-2-27-16-5-3-4-6-17(16)28-12-11-19(25)29-13-18(24)22-23-20(26)14-7-9-15(21)10-8-14/h3-10H,2,11-13H2,1H3,(H,22,24)(H,23,26). The highest BCUT2D eigenvalue weighted by Crippen LogP contribution is 2.26. The molecule has 0 aliphatic heterocycles. The number of hydrazine groups is 1. The molecule has 8 nitrogen and oxygen atoms in total. The van der Waals surface area contributed by atoms with Crippen molar-refractivity contribution in [3.63, 3.8) is 0 Å². The summed E-state index contributed by atoms with van der Waals surface area (Å²) in [6.07, 6.45) is -0.0507. The number of halogens is 1. The SMILES string of the molecule is CCOc1ccccc1OCCC(=O)OCC(=O)NNC(=O)c1ccc(Cl)cc1. The molecule has 0 saturated carbocycles. The van der Waals surface area contributed by atoms with Gasteiger partial charge in [0.05, 0.1) is 19.6 Å². The largest absolute Gasteiger partial charge is 0.490 e. The van der Waals surface area contributed by atoms with E-state index in [0.29, 0.717) is 28.7 Å².